The number of hydrogen-bond acceptors (Lipinski definition) is 14. The Morgan fingerprint density at radius 2 is 1.25 bits per heavy atom. The molecule has 0 aliphatic carbocycles. The minimum absolute atomic E-state index is 0.0807. The van der Waals surface area contributed by atoms with Crippen LogP contribution in [0.25, 0.3) is 22.5 Å². The standard InChI is InChI=1S/C30H35FN2O5.C30H38N2O5/c1-19(34)18-38-26-10-7-21(15-27(26)37-4)25(35)11-12-30(3,36)28-17-22(29(2)13-14-32-29)16-24(33-28)20-5-8-23(31)9-6-20;1-20-5-7-22(8-6-20)25-17-24(21(2)12-14-31)19-29(32-25)30(3,35)13-11-26(34)23-9-10-27(37-16-15-33)28(18-23)36-4/h5-10,15-17,19,32,34,36H,11-14,18H2,1-4H3;5-10,17-19,21,33,35H,11-16,31H2,1-4H3. The summed E-state index contributed by atoms with van der Waals surface area (Å²) in [6, 6.07) is 31.9. The van der Waals surface area contributed by atoms with E-state index in [0.29, 0.717) is 57.8 Å². The molecular formula is C60H73FN4O10. The van der Waals surface area contributed by atoms with Crippen LogP contribution in [-0.2, 0) is 16.7 Å². The molecule has 5 atom stereocenters. The highest BCUT2D eigenvalue weighted by Gasteiger charge is 2.36. The first-order chi connectivity index (χ1) is 35.7. The topological polar surface area (TPSA) is 216 Å². The van der Waals surface area contributed by atoms with Gasteiger partial charge in [0.25, 0.3) is 0 Å². The first-order valence-corrected chi connectivity index (χ1v) is 25.4. The Balaban J connectivity index is 0.000000244. The van der Waals surface area contributed by atoms with E-state index in [1.165, 1.54) is 26.4 Å². The lowest BCUT2D eigenvalue weighted by molar-refractivity contribution is 0.0394. The van der Waals surface area contributed by atoms with Gasteiger partial charge in [0, 0.05) is 40.6 Å². The number of nitrogens with two attached hydrogens (primary N) is 1. The maximum atomic E-state index is 13.5. The summed E-state index contributed by atoms with van der Waals surface area (Å²) in [4.78, 5) is 35.6. The van der Waals surface area contributed by atoms with Gasteiger partial charge in [0.05, 0.1) is 49.7 Å². The second kappa shape index (κ2) is 25.8. The van der Waals surface area contributed by atoms with Crippen LogP contribution in [0.2, 0.25) is 0 Å². The van der Waals surface area contributed by atoms with Gasteiger partial charge in [-0.1, -0.05) is 36.8 Å². The third-order valence-corrected chi connectivity index (χ3v) is 13.7. The van der Waals surface area contributed by atoms with Crippen molar-refractivity contribution in [3.8, 4) is 45.5 Å². The number of halogens is 1. The summed E-state index contributed by atoms with van der Waals surface area (Å²) < 4.78 is 35.2. The minimum Gasteiger partial charge on any atom is -0.493 e. The Hall–Kier alpha value is -6.59. The summed E-state index contributed by atoms with van der Waals surface area (Å²) in [6.45, 7) is 12.8. The molecule has 0 spiro atoms. The molecule has 3 heterocycles. The van der Waals surface area contributed by atoms with Gasteiger partial charge >= 0.3 is 0 Å². The molecule has 15 heteroatoms. The van der Waals surface area contributed by atoms with E-state index < -0.39 is 17.3 Å². The number of aliphatic hydroxyl groups excluding tert-OH is 2. The van der Waals surface area contributed by atoms with E-state index in [4.69, 9.17) is 39.8 Å². The molecule has 0 saturated carbocycles. The van der Waals surface area contributed by atoms with E-state index in [1.807, 2.05) is 49.4 Å². The number of methoxy groups -OCH3 is 2. The van der Waals surface area contributed by atoms with Crippen molar-refractivity contribution < 1.29 is 53.4 Å². The zero-order valence-corrected chi connectivity index (χ0v) is 44.4. The molecule has 7 N–H and O–H groups in total. The quantitative estimate of drug-likeness (QED) is 0.0312. The number of aryl methyl sites for hydroxylation is 1. The van der Waals surface area contributed by atoms with Crippen LogP contribution in [0.3, 0.4) is 0 Å². The molecule has 0 amide bonds. The van der Waals surface area contributed by atoms with E-state index in [-0.39, 0.29) is 74.3 Å². The SMILES string of the molecule is COc1cc(C(=O)CCC(C)(O)c2cc(C(C)CCN)cc(-c3ccc(C)cc3)n2)ccc1OCCO.COc1cc(C(=O)CCC(C)(O)c2cc(C3(C)CCN3)cc(-c3ccc(F)cc3)n2)ccc1OCC(C)O. The predicted molar refractivity (Wildman–Crippen MR) is 288 cm³/mol. The first kappa shape index (κ1) is 57.7. The van der Waals surface area contributed by atoms with Gasteiger partial charge < -0.3 is 50.4 Å². The average molecular weight is 1030 g/mol. The second-order valence-corrected chi connectivity index (χ2v) is 20.0. The molecule has 0 radical (unpaired) electrons. The summed E-state index contributed by atoms with van der Waals surface area (Å²) in [5.41, 5.74) is 11.1. The summed E-state index contributed by atoms with van der Waals surface area (Å²) in [5, 5.41) is 44.8. The van der Waals surface area contributed by atoms with Gasteiger partial charge in [-0.05, 0) is 175 Å². The number of ketones is 2. The van der Waals surface area contributed by atoms with Crippen LogP contribution in [0.15, 0.2) is 109 Å². The van der Waals surface area contributed by atoms with Crippen molar-refractivity contribution in [1.82, 2.24) is 15.3 Å². The number of ether oxygens (including phenoxy) is 4. The summed E-state index contributed by atoms with van der Waals surface area (Å²) in [7, 11) is 2.98. The van der Waals surface area contributed by atoms with Crippen molar-refractivity contribution in [3.63, 3.8) is 0 Å². The molecule has 75 heavy (non-hydrogen) atoms. The lowest BCUT2D eigenvalue weighted by Gasteiger charge is -2.41. The lowest BCUT2D eigenvalue weighted by atomic mass is 9.81. The van der Waals surface area contributed by atoms with Crippen molar-refractivity contribution in [1.29, 1.82) is 0 Å². The molecule has 6 aromatic rings. The van der Waals surface area contributed by atoms with Gasteiger partial charge in [0.15, 0.2) is 34.6 Å². The number of aliphatic hydroxyl groups is 4. The number of aromatic nitrogens is 2. The fraction of sp³-hybridized carbons (Fsp3) is 0.400. The lowest BCUT2D eigenvalue weighted by Crippen LogP contribution is -2.51. The molecule has 14 nitrogen and oxygen atoms in total. The molecule has 400 valence electrons. The second-order valence-electron chi connectivity index (χ2n) is 20.0. The van der Waals surface area contributed by atoms with E-state index in [2.05, 4.69) is 25.2 Å². The molecule has 4 aromatic carbocycles. The predicted octanol–water partition coefficient (Wildman–Crippen LogP) is 9.49. The number of nitrogens with one attached hydrogen (secondary N) is 1. The van der Waals surface area contributed by atoms with Crippen LogP contribution in [-0.4, -0.2) is 95.2 Å². The molecule has 1 aliphatic rings. The molecule has 7 rings (SSSR count). The normalized spacial score (nSPS) is 16.5. The maximum absolute atomic E-state index is 13.5. The van der Waals surface area contributed by atoms with Crippen LogP contribution < -0.4 is 30.0 Å². The number of rotatable bonds is 24. The van der Waals surface area contributed by atoms with Crippen LogP contribution in [0.4, 0.5) is 4.39 Å². The van der Waals surface area contributed by atoms with E-state index in [0.717, 1.165) is 52.9 Å². The molecule has 1 fully saturated rings. The highest BCUT2D eigenvalue weighted by molar-refractivity contribution is 5.97. The number of hydrogen-bond donors (Lipinski definition) is 6. The molecule has 1 saturated heterocycles. The third kappa shape index (κ3) is 15.3. The van der Waals surface area contributed by atoms with Crippen molar-refractivity contribution >= 4 is 11.6 Å². The van der Waals surface area contributed by atoms with Gasteiger partial charge in [-0.3, -0.25) is 9.59 Å². The Kier molecular flexibility index (Phi) is 19.8. The Bertz CT molecular complexity index is 2870. The minimum atomic E-state index is -1.38. The maximum Gasteiger partial charge on any atom is 0.163 e. The average Bonchev–Trinajstić information content (AvgIpc) is 3.40. The summed E-state index contributed by atoms with van der Waals surface area (Å²) >= 11 is 0. The molecule has 1 aliphatic heterocycles. The number of carbonyl (C=O) groups excluding carboxylic acids is 2. The zero-order valence-electron chi connectivity index (χ0n) is 44.4. The van der Waals surface area contributed by atoms with Crippen LogP contribution in [0.5, 0.6) is 23.0 Å². The fourth-order valence-electron chi connectivity index (χ4n) is 8.59. The van der Waals surface area contributed by atoms with Crippen molar-refractivity contribution in [3.05, 3.63) is 154 Å². The third-order valence-electron chi connectivity index (χ3n) is 13.7. The van der Waals surface area contributed by atoms with Gasteiger partial charge in [0.2, 0.25) is 0 Å². The van der Waals surface area contributed by atoms with E-state index >= 15 is 0 Å². The highest BCUT2D eigenvalue weighted by Crippen LogP contribution is 2.38. The monoisotopic (exact) mass is 1030 g/mol. The smallest absolute Gasteiger partial charge is 0.163 e. The number of carbonyl (C=O) groups is 2. The summed E-state index contributed by atoms with van der Waals surface area (Å²) in [5.74, 6) is 1.28. The van der Waals surface area contributed by atoms with Gasteiger partial charge in [-0.15, -0.1) is 0 Å². The Labute approximate surface area is 440 Å². The van der Waals surface area contributed by atoms with Crippen molar-refractivity contribution in [2.45, 2.75) is 109 Å². The molecule has 0 bridgehead atoms. The van der Waals surface area contributed by atoms with Crippen LogP contribution >= 0.6 is 0 Å². The number of Topliss-reactive ketones (excluding diaryl/α,β-unsaturated/α-hetero) is 2. The first-order valence-electron chi connectivity index (χ1n) is 25.4. The highest BCUT2D eigenvalue weighted by atomic mass is 19.1. The molecule has 5 unspecified atom stereocenters. The Morgan fingerprint density at radius 1 is 0.747 bits per heavy atom. The number of benzene rings is 4. The molecule has 2 aromatic heterocycles. The summed E-state index contributed by atoms with van der Waals surface area (Å²) in [6.07, 6.45) is 1.68. The van der Waals surface area contributed by atoms with Crippen molar-refractivity contribution in [2.24, 2.45) is 5.73 Å². The van der Waals surface area contributed by atoms with Crippen molar-refractivity contribution in [2.75, 3.05) is 47.1 Å². The molecular weight excluding hydrogens is 956 g/mol. The number of pyridine rings is 2. The van der Waals surface area contributed by atoms with Crippen LogP contribution in [0.1, 0.15) is 128 Å². The fourth-order valence-corrected chi connectivity index (χ4v) is 8.59. The largest absolute Gasteiger partial charge is 0.493 e. The van der Waals surface area contributed by atoms with E-state index in [9.17, 15) is 29.3 Å². The number of nitrogens with zero attached hydrogens (tertiary/aromatic N) is 2. The Morgan fingerprint density at radius 3 is 1.73 bits per heavy atom. The van der Waals surface area contributed by atoms with Gasteiger partial charge in [0.1, 0.15) is 30.2 Å². The zero-order chi connectivity index (χ0) is 54.5. The van der Waals surface area contributed by atoms with Gasteiger partial charge in [-0.25, -0.2) is 14.4 Å². The van der Waals surface area contributed by atoms with E-state index in [1.54, 1.807) is 69.3 Å². The van der Waals surface area contributed by atoms with Crippen LogP contribution in [0, 0.1) is 12.7 Å². The van der Waals surface area contributed by atoms with Gasteiger partial charge in [-0.2, -0.15) is 0 Å².